The third-order valence-corrected chi connectivity index (χ3v) is 2.79. The molecule has 1 aliphatic rings. The molecule has 0 bridgehead atoms. The molecule has 0 aromatic heterocycles. The standard InChI is InChI=1S/C15H21N3O/c1-5-13(10(2)6-8-18-12(4)17)15-14(11(3)16)7-9-19-15/h5-6,8H,1,4,7,9,16-17H2,2-3H3/b10-6+,14-11+,15-13-,18-8-. The van der Waals surface area contributed by atoms with Gasteiger partial charge in [-0.1, -0.05) is 19.2 Å². The summed E-state index contributed by atoms with van der Waals surface area (Å²) in [6, 6.07) is 0. The first-order chi connectivity index (χ1) is 8.97. The van der Waals surface area contributed by atoms with Gasteiger partial charge in [0.25, 0.3) is 0 Å². The average molecular weight is 259 g/mol. The number of aliphatic imine (C=N–C) groups is 1. The molecule has 1 heterocycles. The Morgan fingerprint density at radius 2 is 2.05 bits per heavy atom. The Bertz CT molecular complexity index is 503. The second-order valence-corrected chi connectivity index (χ2v) is 4.33. The van der Waals surface area contributed by atoms with E-state index in [1.54, 1.807) is 12.3 Å². The number of ether oxygens (including phenoxy) is 1. The molecule has 4 N–H and O–H groups in total. The molecule has 102 valence electrons. The van der Waals surface area contributed by atoms with Crippen LogP contribution < -0.4 is 11.5 Å². The normalized spacial score (nSPS) is 21.3. The van der Waals surface area contributed by atoms with Crippen LogP contribution in [0.15, 0.2) is 64.3 Å². The van der Waals surface area contributed by atoms with Gasteiger partial charge in [-0.05, 0) is 25.5 Å². The van der Waals surface area contributed by atoms with Gasteiger partial charge in [0.05, 0.1) is 6.61 Å². The molecule has 19 heavy (non-hydrogen) atoms. The summed E-state index contributed by atoms with van der Waals surface area (Å²) in [5, 5.41) is 0. The van der Waals surface area contributed by atoms with Crippen LogP contribution in [-0.2, 0) is 4.74 Å². The van der Waals surface area contributed by atoms with E-state index in [4.69, 9.17) is 16.2 Å². The van der Waals surface area contributed by atoms with Crippen molar-refractivity contribution in [2.75, 3.05) is 6.61 Å². The largest absolute Gasteiger partial charge is 0.492 e. The first-order valence-electron chi connectivity index (χ1n) is 6.08. The molecule has 1 saturated heterocycles. The first kappa shape index (κ1) is 14.8. The van der Waals surface area contributed by atoms with Crippen LogP contribution in [0.25, 0.3) is 0 Å². The van der Waals surface area contributed by atoms with Crippen LogP contribution in [0.4, 0.5) is 0 Å². The van der Waals surface area contributed by atoms with E-state index in [2.05, 4.69) is 18.2 Å². The third-order valence-electron chi connectivity index (χ3n) is 2.79. The molecule has 1 fully saturated rings. The third kappa shape index (κ3) is 3.88. The summed E-state index contributed by atoms with van der Waals surface area (Å²) >= 11 is 0. The summed E-state index contributed by atoms with van der Waals surface area (Å²) in [5.74, 6) is 1.08. The quantitative estimate of drug-likeness (QED) is 0.762. The Kier molecular flexibility index (Phi) is 5.18. The van der Waals surface area contributed by atoms with Crippen molar-refractivity contribution in [1.29, 1.82) is 0 Å². The number of hydrogen-bond acceptors (Lipinski definition) is 4. The summed E-state index contributed by atoms with van der Waals surface area (Å²) in [6.45, 7) is 11.8. The summed E-state index contributed by atoms with van der Waals surface area (Å²) in [4.78, 5) is 3.91. The van der Waals surface area contributed by atoms with Crippen LogP contribution in [0.3, 0.4) is 0 Å². The Labute approximate surface area is 114 Å². The summed E-state index contributed by atoms with van der Waals surface area (Å²) in [6.07, 6.45) is 6.04. The van der Waals surface area contributed by atoms with E-state index in [-0.39, 0.29) is 5.82 Å². The first-order valence-corrected chi connectivity index (χ1v) is 6.08. The van der Waals surface area contributed by atoms with Gasteiger partial charge < -0.3 is 16.2 Å². The van der Waals surface area contributed by atoms with Gasteiger partial charge in [-0.3, -0.25) is 0 Å². The van der Waals surface area contributed by atoms with Gasteiger partial charge in [0, 0.05) is 29.5 Å². The highest BCUT2D eigenvalue weighted by atomic mass is 16.5. The molecular formula is C15H21N3O. The maximum absolute atomic E-state index is 5.88. The second-order valence-electron chi connectivity index (χ2n) is 4.33. The maximum Gasteiger partial charge on any atom is 0.131 e. The van der Waals surface area contributed by atoms with Gasteiger partial charge in [0.1, 0.15) is 11.6 Å². The predicted molar refractivity (Wildman–Crippen MR) is 80.3 cm³/mol. The summed E-state index contributed by atoms with van der Waals surface area (Å²) < 4.78 is 5.67. The Hall–Kier alpha value is -2.23. The van der Waals surface area contributed by atoms with Crippen LogP contribution >= 0.6 is 0 Å². The molecule has 0 unspecified atom stereocenters. The minimum atomic E-state index is 0.271. The lowest BCUT2D eigenvalue weighted by molar-refractivity contribution is 0.263. The van der Waals surface area contributed by atoms with Crippen molar-refractivity contribution < 1.29 is 4.74 Å². The second kappa shape index (κ2) is 6.64. The van der Waals surface area contributed by atoms with Gasteiger partial charge in [0.15, 0.2) is 0 Å². The lowest BCUT2D eigenvalue weighted by Crippen LogP contribution is -2.00. The van der Waals surface area contributed by atoms with Crippen molar-refractivity contribution in [2.45, 2.75) is 20.3 Å². The molecule has 1 rings (SSSR count). The molecular weight excluding hydrogens is 238 g/mol. The van der Waals surface area contributed by atoms with E-state index in [0.29, 0.717) is 6.61 Å². The fourth-order valence-electron chi connectivity index (χ4n) is 1.84. The lowest BCUT2D eigenvalue weighted by Gasteiger charge is -2.09. The van der Waals surface area contributed by atoms with E-state index < -0.39 is 0 Å². The van der Waals surface area contributed by atoms with Crippen LogP contribution in [0.1, 0.15) is 20.3 Å². The molecule has 0 saturated carbocycles. The number of rotatable bonds is 4. The van der Waals surface area contributed by atoms with Crippen molar-refractivity contribution in [3.05, 3.63) is 59.3 Å². The molecule has 1 aliphatic heterocycles. The SMILES string of the molecule is C=CC(=C1/OCC/C1=C(/C)N)/C(C)=C/C=N\C(=C)N. The summed E-state index contributed by atoms with van der Waals surface area (Å²) in [7, 11) is 0. The van der Waals surface area contributed by atoms with Gasteiger partial charge in [0.2, 0.25) is 0 Å². The fraction of sp³-hybridized carbons (Fsp3) is 0.267. The van der Waals surface area contributed by atoms with Crippen LogP contribution in [0.2, 0.25) is 0 Å². The van der Waals surface area contributed by atoms with E-state index in [1.807, 2.05) is 19.9 Å². The molecule has 4 nitrogen and oxygen atoms in total. The highest BCUT2D eigenvalue weighted by molar-refractivity contribution is 5.75. The topological polar surface area (TPSA) is 73.6 Å². The number of nitrogens with zero attached hydrogens (tertiary/aromatic N) is 1. The van der Waals surface area contributed by atoms with Gasteiger partial charge in [-0.25, -0.2) is 4.99 Å². The van der Waals surface area contributed by atoms with E-state index in [0.717, 1.165) is 34.6 Å². The molecule has 0 radical (unpaired) electrons. The molecule has 0 spiro atoms. The Morgan fingerprint density at radius 3 is 2.58 bits per heavy atom. The highest BCUT2D eigenvalue weighted by Gasteiger charge is 2.20. The molecule has 4 heteroatoms. The maximum atomic E-state index is 5.88. The smallest absolute Gasteiger partial charge is 0.131 e. The van der Waals surface area contributed by atoms with Gasteiger partial charge in [-0.2, -0.15) is 0 Å². The summed E-state index contributed by atoms with van der Waals surface area (Å²) in [5.41, 5.74) is 15.0. The molecule has 0 atom stereocenters. The van der Waals surface area contributed by atoms with E-state index in [1.165, 1.54) is 0 Å². The van der Waals surface area contributed by atoms with Gasteiger partial charge >= 0.3 is 0 Å². The predicted octanol–water partition coefficient (Wildman–Crippen LogP) is 2.53. The number of nitrogens with two attached hydrogens (primary N) is 2. The molecule has 0 amide bonds. The van der Waals surface area contributed by atoms with Crippen LogP contribution in [0.5, 0.6) is 0 Å². The molecule has 0 aromatic rings. The monoisotopic (exact) mass is 259 g/mol. The number of allylic oxidation sites excluding steroid dienone is 6. The molecule has 0 aromatic carbocycles. The zero-order valence-corrected chi connectivity index (χ0v) is 11.6. The zero-order valence-electron chi connectivity index (χ0n) is 11.6. The van der Waals surface area contributed by atoms with Crippen molar-refractivity contribution in [1.82, 2.24) is 0 Å². The van der Waals surface area contributed by atoms with Crippen LogP contribution in [-0.4, -0.2) is 12.8 Å². The fourth-order valence-corrected chi connectivity index (χ4v) is 1.84. The Morgan fingerprint density at radius 1 is 1.37 bits per heavy atom. The van der Waals surface area contributed by atoms with Crippen molar-refractivity contribution in [3.8, 4) is 0 Å². The Balaban J connectivity index is 3.16. The van der Waals surface area contributed by atoms with Crippen molar-refractivity contribution in [3.63, 3.8) is 0 Å². The minimum absolute atomic E-state index is 0.271. The van der Waals surface area contributed by atoms with Crippen LogP contribution in [0, 0.1) is 0 Å². The average Bonchev–Trinajstić information content (AvgIpc) is 2.78. The minimum Gasteiger partial charge on any atom is -0.492 e. The van der Waals surface area contributed by atoms with Crippen molar-refractivity contribution in [2.24, 2.45) is 16.5 Å². The number of hydrogen-bond donors (Lipinski definition) is 2. The zero-order chi connectivity index (χ0) is 14.4. The lowest BCUT2D eigenvalue weighted by atomic mass is 10.0. The van der Waals surface area contributed by atoms with E-state index in [9.17, 15) is 0 Å². The highest BCUT2D eigenvalue weighted by Crippen LogP contribution is 2.31. The van der Waals surface area contributed by atoms with Gasteiger partial charge in [-0.15, -0.1) is 0 Å². The molecule has 0 aliphatic carbocycles. The van der Waals surface area contributed by atoms with Crippen molar-refractivity contribution >= 4 is 6.21 Å². The van der Waals surface area contributed by atoms with E-state index >= 15 is 0 Å².